The first-order valence-corrected chi connectivity index (χ1v) is 9.71. The van der Waals surface area contributed by atoms with Crippen LogP contribution in [0.5, 0.6) is 17.2 Å². The van der Waals surface area contributed by atoms with E-state index in [0.717, 1.165) is 6.07 Å². The van der Waals surface area contributed by atoms with Gasteiger partial charge in [-0.05, 0) is 47.0 Å². The number of allylic oxidation sites excluding steroid dienone is 1. The third-order valence-electron chi connectivity index (χ3n) is 4.72. The Labute approximate surface area is 183 Å². The van der Waals surface area contributed by atoms with Crippen LogP contribution in [0, 0.1) is 0 Å². The summed E-state index contributed by atoms with van der Waals surface area (Å²) in [5.41, 5.74) is 1.05. The molecule has 166 valence electrons. The highest BCUT2D eigenvalue weighted by Gasteiger charge is 2.34. The fraction of sp³-hybridized carbons (Fsp3) is 0.160. The van der Waals surface area contributed by atoms with Crippen LogP contribution in [0.4, 0.5) is 13.2 Å². The average Bonchev–Trinajstić information content (AvgIpc) is 2.77. The molecular formula is C25H21F3O4. The van der Waals surface area contributed by atoms with E-state index in [1.54, 1.807) is 42.5 Å². The minimum absolute atomic E-state index is 0.0382. The van der Waals surface area contributed by atoms with Gasteiger partial charge in [0.25, 0.3) is 0 Å². The lowest BCUT2D eigenvalue weighted by Crippen LogP contribution is -2.10. The average molecular weight is 442 g/mol. The van der Waals surface area contributed by atoms with E-state index in [-0.39, 0.29) is 30.3 Å². The molecule has 0 atom stereocenters. The molecule has 0 spiro atoms. The smallest absolute Gasteiger partial charge is 0.419 e. The topological polar surface area (TPSA) is 55.8 Å². The number of hydrogen-bond donors (Lipinski definition) is 1. The number of ketones is 1. The number of phenolic OH excluding ortho intramolecular Hbond substituents is 1. The Morgan fingerprint density at radius 2 is 1.66 bits per heavy atom. The lowest BCUT2D eigenvalue weighted by Gasteiger charge is -2.15. The van der Waals surface area contributed by atoms with E-state index in [1.807, 2.05) is 0 Å². The fourth-order valence-corrected chi connectivity index (χ4v) is 3.10. The highest BCUT2D eigenvalue weighted by Crippen LogP contribution is 2.36. The summed E-state index contributed by atoms with van der Waals surface area (Å²) in [5, 5.41) is 9.82. The third kappa shape index (κ3) is 5.91. The Balaban J connectivity index is 1.69. The molecule has 32 heavy (non-hydrogen) atoms. The van der Waals surface area contributed by atoms with Crippen molar-refractivity contribution in [1.82, 2.24) is 0 Å². The SMILES string of the molecule is COc1ccc(/C=C/C(=O)Cc2ccccc2COc2ccccc2C(F)(F)F)cc1O. The number of halogens is 3. The van der Waals surface area contributed by atoms with Gasteiger partial charge in [0.05, 0.1) is 12.7 Å². The molecule has 7 heteroatoms. The number of benzene rings is 3. The number of phenols is 1. The molecule has 3 aromatic rings. The summed E-state index contributed by atoms with van der Waals surface area (Å²) in [6, 6.07) is 16.7. The maximum atomic E-state index is 13.2. The zero-order chi connectivity index (χ0) is 23.1. The molecule has 0 aliphatic carbocycles. The molecule has 0 fully saturated rings. The predicted molar refractivity (Wildman–Crippen MR) is 115 cm³/mol. The maximum absolute atomic E-state index is 13.2. The first-order chi connectivity index (χ1) is 15.3. The number of para-hydroxylation sites is 1. The first-order valence-electron chi connectivity index (χ1n) is 9.71. The van der Waals surface area contributed by atoms with Crippen molar-refractivity contribution >= 4 is 11.9 Å². The van der Waals surface area contributed by atoms with Crippen LogP contribution < -0.4 is 9.47 Å². The molecule has 0 saturated carbocycles. The second-order valence-electron chi connectivity index (χ2n) is 6.96. The van der Waals surface area contributed by atoms with E-state index in [0.29, 0.717) is 22.4 Å². The highest BCUT2D eigenvalue weighted by atomic mass is 19.4. The van der Waals surface area contributed by atoms with Gasteiger partial charge in [-0.1, -0.05) is 48.5 Å². The summed E-state index contributed by atoms with van der Waals surface area (Å²) >= 11 is 0. The van der Waals surface area contributed by atoms with Crippen LogP contribution in [0.15, 0.2) is 72.8 Å². The van der Waals surface area contributed by atoms with Gasteiger partial charge in [-0.2, -0.15) is 13.2 Å². The van der Waals surface area contributed by atoms with Crippen LogP contribution >= 0.6 is 0 Å². The van der Waals surface area contributed by atoms with Crippen molar-refractivity contribution in [2.75, 3.05) is 7.11 Å². The van der Waals surface area contributed by atoms with Gasteiger partial charge in [-0.3, -0.25) is 4.79 Å². The number of methoxy groups -OCH3 is 1. The number of rotatable bonds is 8. The molecule has 0 bridgehead atoms. The number of ether oxygens (including phenoxy) is 2. The van der Waals surface area contributed by atoms with Crippen molar-refractivity contribution in [3.8, 4) is 17.2 Å². The summed E-state index contributed by atoms with van der Waals surface area (Å²) in [6.07, 6.45) is -1.51. The second kappa shape index (κ2) is 10.0. The van der Waals surface area contributed by atoms with Gasteiger partial charge < -0.3 is 14.6 Å². The Hall–Kier alpha value is -3.74. The Morgan fingerprint density at radius 3 is 2.34 bits per heavy atom. The number of carbonyl (C=O) groups excluding carboxylic acids is 1. The molecule has 3 aromatic carbocycles. The summed E-state index contributed by atoms with van der Waals surface area (Å²) in [5.74, 6) is -0.179. The lowest BCUT2D eigenvalue weighted by molar-refractivity contribution is -0.139. The van der Waals surface area contributed by atoms with E-state index in [2.05, 4.69) is 0 Å². The van der Waals surface area contributed by atoms with E-state index < -0.39 is 11.7 Å². The first kappa shape index (κ1) is 22.9. The summed E-state index contributed by atoms with van der Waals surface area (Å²) in [4.78, 5) is 12.4. The lowest BCUT2D eigenvalue weighted by atomic mass is 10.0. The second-order valence-corrected chi connectivity index (χ2v) is 6.96. The van der Waals surface area contributed by atoms with Crippen LogP contribution in [-0.4, -0.2) is 18.0 Å². The van der Waals surface area contributed by atoms with Crippen molar-refractivity contribution in [1.29, 1.82) is 0 Å². The van der Waals surface area contributed by atoms with Crippen molar-refractivity contribution < 1.29 is 32.5 Å². The number of alkyl halides is 3. The van der Waals surface area contributed by atoms with E-state index in [9.17, 15) is 23.1 Å². The third-order valence-corrected chi connectivity index (χ3v) is 4.72. The number of carbonyl (C=O) groups is 1. The fourth-order valence-electron chi connectivity index (χ4n) is 3.10. The van der Waals surface area contributed by atoms with Gasteiger partial charge in [0.15, 0.2) is 17.3 Å². The van der Waals surface area contributed by atoms with Crippen molar-refractivity contribution in [2.24, 2.45) is 0 Å². The van der Waals surface area contributed by atoms with Crippen LogP contribution in [0.2, 0.25) is 0 Å². The Bertz CT molecular complexity index is 1120. The van der Waals surface area contributed by atoms with Gasteiger partial charge >= 0.3 is 6.18 Å². The van der Waals surface area contributed by atoms with E-state index in [4.69, 9.17) is 9.47 Å². The molecule has 0 aromatic heterocycles. The van der Waals surface area contributed by atoms with Gasteiger partial charge in [-0.25, -0.2) is 0 Å². The maximum Gasteiger partial charge on any atom is 0.419 e. The minimum atomic E-state index is -4.52. The predicted octanol–water partition coefficient (Wildman–Crippen LogP) is 5.82. The number of aromatic hydroxyl groups is 1. The van der Waals surface area contributed by atoms with E-state index in [1.165, 1.54) is 37.5 Å². The summed E-state index contributed by atoms with van der Waals surface area (Å²) in [6.45, 7) is -0.105. The highest BCUT2D eigenvalue weighted by molar-refractivity contribution is 5.95. The van der Waals surface area contributed by atoms with Gasteiger partial charge in [-0.15, -0.1) is 0 Å². The monoisotopic (exact) mass is 442 g/mol. The molecule has 0 saturated heterocycles. The van der Waals surface area contributed by atoms with Gasteiger partial charge in [0.1, 0.15) is 12.4 Å². The summed E-state index contributed by atoms with van der Waals surface area (Å²) < 4.78 is 49.9. The molecular weight excluding hydrogens is 421 g/mol. The van der Waals surface area contributed by atoms with Gasteiger partial charge in [0.2, 0.25) is 0 Å². The van der Waals surface area contributed by atoms with Gasteiger partial charge in [0, 0.05) is 6.42 Å². The van der Waals surface area contributed by atoms with E-state index >= 15 is 0 Å². The largest absolute Gasteiger partial charge is 0.504 e. The molecule has 1 N–H and O–H groups in total. The minimum Gasteiger partial charge on any atom is -0.504 e. The molecule has 0 aliphatic heterocycles. The van der Waals surface area contributed by atoms with Crippen molar-refractivity contribution in [3.05, 3.63) is 95.1 Å². The molecule has 0 heterocycles. The quantitative estimate of drug-likeness (QED) is 0.447. The van der Waals surface area contributed by atoms with Crippen LogP contribution in [0.1, 0.15) is 22.3 Å². The van der Waals surface area contributed by atoms with Crippen LogP contribution in [-0.2, 0) is 24.0 Å². The molecule has 0 radical (unpaired) electrons. The Kier molecular flexibility index (Phi) is 7.20. The molecule has 0 aliphatic rings. The molecule has 0 amide bonds. The molecule has 4 nitrogen and oxygen atoms in total. The summed E-state index contributed by atoms with van der Waals surface area (Å²) in [7, 11) is 1.44. The van der Waals surface area contributed by atoms with Crippen LogP contribution in [0.3, 0.4) is 0 Å². The molecule has 3 rings (SSSR count). The zero-order valence-electron chi connectivity index (χ0n) is 17.2. The van der Waals surface area contributed by atoms with Crippen molar-refractivity contribution in [2.45, 2.75) is 19.2 Å². The zero-order valence-corrected chi connectivity index (χ0v) is 17.2. The Morgan fingerprint density at radius 1 is 0.969 bits per heavy atom. The standard InChI is InChI=1S/C25H21F3O4/c1-31-24-13-11-17(14-22(24)30)10-12-20(29)15-18-6-2-3-7-19(18)16-32-23-9-5-4-8-21(23)25(26,27)28/h2-14,30H,15-16H2,1H3/b12-10+. The molecule has 0 unspecified atom stereocenters. The van der Waals surface area contributed by atoms with Crippen LogP contribution in [0.25, 0.3) is 6.08 Å². The normalized spacial score (nSPS) is 11.5. The number of hydrogen-bond acceptors (Lipinski definition) is 4. The van der Waals surface area contributed by atoms with Crippen molar-refractivity contribution in [3.63, 3.8) is 0 Å².